The van der Waals surface area contributed by atoms with E-state index in [-0.39, 0.29) is 23.9 Å². The molecule has 11 heavy (non-hydrogen) atoms. The SMILES string of the molecule is CC(=O)C(C)CC(=O)C(C)N. The molecule has 3 heteroatoms. The molecule has 2 unspecified atom stereocenters. The van der Waals surface area contributed by atoms with Gasteiger partial charge in [0, 0.05) is 12.3 Å². The Kier molecular flexibility index (Phi) is 3.97. The molecule has 0 fully saturated rings. The summed E-state index contributed by atoms with van der Waals surface area (Å²) in [5.74, 6) is -0.194. The van der Waals surface area contributed by atoms with E-state index in [1.165, 1.54) is 6.92 Å². The Morgan fingerprint density at radius 2 is 1.82 bits per heavy atom. The minimum atomic E-state index is -0.447. The summed E-state index contributed by atoms with van der Waals surface area (Å²) < 4.78 is 0. The first-order valence-corrected chi connectivity index (χ1v) is 3.74. The third-order valence-corrected chi connectivity index (χ3v) is 1.71. The average molecular weight is 157 g/mol. The summed E-state index contributed by atoms with van der Waals surface area (Å²) in [6, 6.07) is -0.447. The van der Waals surface area contributed by atoms with E-state index in [0.717, 1.165) is 0 Å². The van der Waals surface area contributed by atoms with Crippen molar-refractivity contribution < 1.29 is 9.59 Å². The van der Waals surface area contributed by atoms with E-state index in [0.29, 0.717) is 0 Å². The summed E-state index contributed by atoms with van der Waals surface area (Å²) in [5, 5.41) is 0. The fourth-order valence-electron chi connectivity index (χ4n) is 0.631. The van der Waals surface area contributed by atoms with E-state index in [1.54, 1.807) is 13.8 Å². The highest BCUT2D eigenvalue weighted by atomic mass is 16.1. The maximum atomic E-state index is 11.0. The van der Waals surface area contributed by atoms with Crippen molar-refractivity contribution in [2.24, 2.45) is 11.7 Å². The van der Waals surface area contributed by atoms with Gasteiger partial charge in [-0.25, -0.2) is 0 Å². The summed E-state index contributed by atoms with van der Waals surface area (Å²) in [6.07, 6.45) is 0.271. The number of rotatable bonds is 4. The van der Waals surface area contributed by atoms with E-state index < -0.39 is 6.04 Å². The molecule has 0 amide bonds. The van der Waals surface area contributed by atoms with Crippen LogP contribution < -0.4 is 5.73 Å². The molecule has 0 aliphatic heterocycles. The molecule has 0 aromatic carbocycles. The van der Waals surface area contributed by atoms with Crippen LogP contribution in [0.3, 0.4) is 0 Å². The number of nitrogens with two attached hydrogens (primary N) is 1. The maximum Gasteiger partial charge on any atom is 0.149 e. The molecule has 0 aliphatic rings. The number of Topliss-reactive ketones (excluding diaryl/α,β-unsaturated/α-hetero) is 2. The van der Waals surface area contributed by atoms with Crippen LogP contribution in [0.2, 0.25) is 0 Å². The molecule has 0 radical (unpaired) electrons. The lowest BCUT2D eigenvalue weighted by molar-refractivity contribution is -0.126. The zero-order valence-electron chi connectivity index (χ0n) is 7.26. The molecule has 2 atom stereocenters. The molecule has 0 aromatic rings. The monoisotopic (exact) mass is 157 g/mol. The first-order chi connectivity index (χ1) is 4.95. The van der Waals surface area contributed by atoms with Crippen molar-refractivity contribution in [3.63, 3.8) is 0 Å². The lowest BCUT2D eigenvalue weighted by atomic mass is 9.98. The second-order valence-electron chi connectivity index (χ2n) is 2.97. The van der Waals surface area contributed by atoms with Gasteiger partial charge in [0.05, 0.1) is 6.04 Å². The minimum absolute atomic E-state index is 0.0407. The van der Waals surface area contributed by atoms with E-state index in [2.05, 4.69) is 0 Å². The van der Waals surface area contributed by atoms with Crippen molar-refractivity contribution in [3.8, 4) is 0 Å². The summed E-state index contributed by atoms with van der Waals surface area (Å²) in [5.41, 5.74) is 5.32. The first kappa shape index (κ1) is 10.3. The van der Waals surface area contributed by atoms with Gasteiger partial charge in [0.25, 0.3) is 0 Å². The fraction of sp³-hybridized carbons (Fsp3) is 0.750. The van der Waals surface area contributed by atoms with Crippen LogP contribution in [0.4, 0.5) is 0 Å². The molecule has 0 aromatic heterocycles. The predicted octanol–water partition coefficient (Wildman–Crippen LogP) is 0.518. The topological polar surface area (TPSA) is 60.2 Å². The number of carbonyl (C=O) groups excluding carboxylic acids is 2. The Balaban J connectivity index is 3.85. The molecule has 0 saturated carbocycles. The van der Waals surface area contributed by atoms with E-state index >= 15 is 0 Å². The average Bonchev–Trinajstić information content (AvgIpc) is 1.87. The number of carbonyl (C=O) groups is 2. The van der Waals surface area contributed by atoms with E-state index in [4.69, 9.17) is 5.73 Å². The van der Waals surface area contributed by atoms with Crippen molar-refractivity contribution in [2.75, 3.05) is 0 Å². The van der Waals surface area contributed by atoms with Gasteiger partial charge in [-0.1, -0.05) is 6.92 Å². The molecular weight excluding hydrogens is 142 g/mol. The molecule has 0 bridgehead atoms. The van der Waals surface area contributed by atoms with Crippen LogP contribution in [0, 0.1) is 5.92 Å². The minimum Gasteiger partial charge on any atom is -0.322 e. The van der Waals surface area contributed by atoms with Gasteiger partial charge in [0.2, 0.25) is 0 Å². The molecular formula is C8H15NO2. The lowest BCUT2D eigenvalue weighted by Gasteiger charge is -2.07. The van der Waals surface area contributed by atoms with Gasteiger partial charge in [-0.05, 0) is 13.8 Å². The zero-order valence-corrected chi connectivity index (χ0v) is 7.26. The van der Waals surface area contributed by atoms with Crippen molar-refractivity contribution in [1.82, 2.24) is 0 Å². The summed E-state index contributed by atoms with van der Waals surface area (Å²) >= 11 is 0. The van der Waals surface area contributed by atoms with Gasteiger partial charge < -0.3 is 5.73 Å². The quantitative estimate of drug-likeness (QED) is 0.647. The standard InChI is InChI=1S/C8H15NO2/c1-5(7(3)10)4-8(11)6(2)9/h5-6H,4,9H2,1-3H3. The van der Waals surface area contributed by atoms with Gasteiger partial charge in [-0.2, -0.15) is 0 Å². The molecule has 0 aliphatic carbocycles. The molecule has 0 heterocycles. The second kappa shape index (κ2) is 4.23. The third-order valence-electron chi connectivity index (χ3n) is 1.71. The van der Waals surface area contributed by atoms with Crippen molar-refractivity contribution in [2.45, 2.75) is 33.2 Å². The van der Waals surface area contributed by atoms with Crippen LogP contribution in [-0.2, 0) is 9.59 Å². The molecule has 0 saturated heterocycles. The third kappa shape index (κ3) is 3.88. The largest absolute Gasteiger partial charge is 0.322 e. The first-order valence-electron chi connectivity index (χ1n) is 3.74. The normalized spacial score (nSPS) is 15.6. The van der Waals surface area contributed by atoms with Crippen LogP contribution in [-0.4, -0.2) is 17.6 Å². The molecule has 2 N–H and O–H groups in total. The number of hydrogen-bond donors (Lipinski definition) is 1. The zero-order chi connectivity index (χ0) is 9.02. The summed E-state index contributed by atoms with van der Waals surface area (Å²) in [4.78, 5) is 21.7. The van der Waals surface area contributed by atoms with Gasteiger partial charge >= 0.3 is 0 Å². The Labute approximate surface area is 67.0 Å². The smallest absolute Gasteiger partial charge is 0.149 e. The Hall–Kier alpha value is -0.700. The summed E-state index contributed by atoms with van der Waals surface area (Å²) in [7, 11) is 0. The van der Waals surface area contributed by atoms with Crippen LogP contribution in [0.1, 0.15) is 27.2 Å². The molecule has 0 spiro atoms. The van der Waals surface area contributed by atoms with E-state index in [1.807, 2.05) is 0 Å². The lowest BCUT2D eigenvalue weighted by Crippen LogP contribution is -2.29. The second-order valence-corrected chi connectivity index (χ2v) is 2.97. The number of ketones is 2. The molecule has 3 nitrogen and oxygen atoms in total. The molecule has 0 rings (SSSR count). The van der Waals surface area contributed by atoms with Crippen molar-refractivity contribution >= 4 is 11.6 Å². The van der Waals surface area contributed by atoms with Gasteiger partial charge in [0.1, 0.15) is 11.6 Å². The van der Waals surface area contributed by atoms with Crippen molar-refractivity contribution in [3.05, 3.63) is 0 Å². The van der Waals surface area contributed by atoms with Crippen LogP contribution >= 0.6 is 0 Å². The van der Waals surface area contributed by atoms with E-state index in [9.17, 15) is 9.59 Å². The Bertz CT molecular complexity index is 163. The van der Waals surface area contributed by atoms with Crippen molar-refractivity contribution in [1.29, 1.82) is 0 Å². The summed E-state index contributed by atoms with van der Waals surface area (Å²) in [6.45, 7) is 4.86. The number of hydrogen-bond acceptors (Lipinski definition) is 3. The fourth-order valence-corrected chi connectivity index (χ4v) is 0.631. The highest BCUT2D eigenvalue weighted by Crippen LogP contribution is 2.04. The van der Waals surface area contributed by atoms with Crippen LogP contribution in [0.5, 0.6) is 0 Å². The van der Waals surface area contributed by atoms with Crippen LogP contribution in [0.15, 0.2) is 0 Å². The van der Waals surface area contributed by atoms with Gasteiger partial charge in [0.15, 0.2) is 0 Å². The highest BCUT2D eigenvalue weighted by Gasteiger charge is 2.15. The Morgan fingerprint density at radius 1 is 1.36 bits per heavy atom. The van der Waals surface area contributed by atoms with Crippen LogP contribution in [0.25, 0.3) is 0 Å². The Morgan fingerprint density at radius 3 is 2.09 bits per heavy atom. The highest BCUT2D eigenvalue weighted by molar-refractivity contribution is 5.89. The predicted molar refractivity (Wildman–Crippen MR) is 43.1 cm³/mol. The van der Waals surface area contributed by atoms with Gasteiger partial charge in [-0.15, -0.1) is 0 Å². The maximum absolute atomic E-state index is 11.0. The van der Waals surface area contributed by atoms with Gasteiger partial charge in [-0.3, -0.25) is 9.59 Å². The molecule has 64 valence electrons.